The van der Waals surface area contributed by atoms with Crippen molar-refractivity contribution in [3.63, 3.8) is 0 Å². The highest BCUT2D eigenvalue weighted by Crippen LogP contribution is 2.27. The van der Waals surface area contributed by atoms with Gasteiger partial charge in [-0.3, -0.25) is 10.1 Å². The van der Waals surface area contributed by atoms with Gasteiger partial charge in [-0.1, -0.05) is 0 Å². The molecule has 20 heavy (non-hydrogen) atoms. The predicted octanol–water partition coefficient (Wildman–Crippen LogP) is 3.20. The third-order valence-corrected chi connectivity index (χ3v) is 3.90. The molecule has 0 N–H and O–H groups in total. The van der Waals surface area contributed by atoms with Gasteiger partial charge in [0.1, 0.15) is 0 Å². The molecule has 0 bridgehead atoms. The van der Waals surface area contributed by atoms with Crippen LogP contribution in [0.3, 0.4) is 0 Å². The summed E-state index contributed by atoms with van der Waals surface area (Å²) in [6.07, 6.45) is 2.26. The maximum Gasteiger partial charge on any atom is 0.269 e. The van der Waals surface area contributed by atoms with Gasteiger partial charge < -0.3 is 9.64 Å². The Balaban J connectivity index is 2.11. The number of hydrogen-bond acceptors (Lipinski definition) is 4. The van der Waals surface area contributed by atoms with Crippen LogP contribution in [0.4, 0.5) is 11.4 Å². The number of halogens is 1. The minimum absolute atomic E-state index is 0.0822. The highest BCUT2D eigenvalue weighted by atomic mass is 35.5. The van der Waals surface area contributed by atoms with Crippen LogP contribution in [0, 0.1) is 16.0 Å². The fourth-order valence-electron chi connectivity index (χ4n) is 2.60. The molecule has 5 nitrogen and oxygen atoms in total. The summed E-state index contributed by atoms with van der Waals surface area (Å²) in [7, 11) is 1.99. The lowest BCUT2D eigenvalue weighted by Crippen LogP contribution is -2.31. The Morgan fingerprint density at radius 1 is 1.55 bits per heavy atom. The molecule has 0 spiro atoms. The first-order valence-corrected chi connectivity index (χ1v) is 7.27. The number of benzene rings is 1. The zero-order valence-corrected chi connectivity index (χ0v) is 12.3. The molecule has 1 atom stereocenters. The number of nitro benzene ring substituents is 1. The van der Waals surface area contributed by atoms with E-state index in [0.717, 1.165) is 43.9 Å². The van der Waals surface area contributed by atoms with E-state index in [4.69, 9.17) is 16.3 Å². The molecule has 1 fully saturated rings. The van der Waals surface area contributed by atoms with E-state index in [-0.39, 0.29) is 11.6 Å². The molecule has 1 aliphatic rings. The Labute approximate surface area is 123 Å². The first-order valence-electron chi connectivity index (χ1n) is 6.74. The van der Waals surface area contributed by atoms with Gasteiger partial charge in [-0.25, -0.2) is 0 Å². The van der Waals surface area contributed by atoms with Crippen LogP contribution < -0.4 is 4.90 Å². The Kier molecular flexibility index (Phi) is 5.20. The molecule has 1 heterocycles. The Morgan fingerprint density at radius 2 is 2.35 bits per heavy atom. The second-order valence-corrected chi connectivity index (χ2v) is 5.43. The molecular formula is C14H19ClN2O3. The van der Waals surface area contributed by atoms with Crippen molar-refractivity contribution in [1.82, 2.24) is 0 Å². The maximum absolute atomic E-state index is 10.8. The summed E-state index contributed by atoms with van der Waals surface area (Å²) in [6.45, 7) is 2.51. The topological polar surface area (TPSA) is 55.6 Å². The predicted molar refractivity (Wildman–Crippen MR) is 79.5 cm³/mol. The molecular weight excluding hydrogens is 280 g/mol. The van der Waals surface area contributed by atoms with E-state index in [0.29, 0.717) is 5.92 Å². The molecule has 0 amide bonds. The first-order chi connectivity index (χ1) is 9.61. The first kappa shape index (κ1) is 15.1. The van der Waals surface area contributed by atoms with Gasteiger partial charge >= 0.3 is 0 Å². The molecule has 0 saturated carbocycles. The summed E-state index contributed by atoms with van der Waals surface area (Å²) < 4.78 is 5.48. The van der Waals surface area contributed by atoms with Crippen molar-refractivity contribution in [1.29, 1.82) is 0 Å². The van der Waals surface area contributed by atoms with Gasteiger partial charge in [0, 0.05) is 43.9 Å². The molecule has 1 aromatic rings. The van der Waals surface area contributed by atoms with Gasteiger partial charge in [0.15, 0.2) is 0 Å². The van der Waals surface area contributed by atoms with E-state index >= 15 is 0 Å². The van der Waals surface area contributed by atoms with E-state index in [1.165, 1.54) is 6.07 Å². The van der Waals surface area contributed by atoms with Crippen molar-refractivity contribution >= 4 is 23.0 Å². The smallest absolute Gasteiger partial charge is 0.269 e. The molecule has 0 radical (unpaired) electrons. The summed E-state index contributed by atoms with van der Waals surface area (Å²) in [5.41, 5.74) is 1.83. The zero-order chi connectivity index (χ0) is 14.5. The summed E-state index contributed by atoms with van der Waals surface area (Å²) >= 11 is 5.92. The summed E-state index contributed by atoms with van der Waals surface area (Å²) in [6, 6.07) is 4.86. The average molecular weight is 299 g/mol. The molecule has 1 aliphatic heterocycles. The molecule has 1 saturated heterocycles. The van der Waals surface area contributed by atoms with Crippen LogP contribution >= 0.6 is 11.6 Å². The lowest BCUT2D eigenvalue weighted by molar-refractivity contribution is -0.384. The van der Waals surface area contributed by atoms with E-state index in [1.807, 2.05) is 7.05 Å². The maximum atomic E-state index is 10.8. The van der Waals surface area contributed by atoms with Gasteiger partial charge in [-0.2, -0.15) is 0 Å². The normalized spacial score (nSPS) is 18.8. The van der Waals surface area contributed by atoms with Crippen molar-refractivity contribution in [2.24, 2.45) is 5.92 Å². The Bertz CT molecular complexity index is 475. The van der Waals surface area contributed by atoms with Gasteiger partial charge in [0.25, 0.3) is 5.69 Å². The standard InChI is InChI=1S/C14H19ClN2O3/c1-16(9-11-3-2-6-20-10-11)14-5-4-13(17(18)19)7-12(14)8-15/h4-5,7,11H,2-3,6,8-10H2,1H3. The van der Waals surface area contributed by atoms with Crippen LogP contribution in [-0.2, 0) is 10.6 Å². The molecule has 110 valence electrons. The van der Waals surface area contributed by atoms with E-state index in [2.05, 4.69) is 4.90 Å². The Hall–Kier alpha value is -1.33. The van der Waals surface area contributed by atoms with Crippen molar-refractivity contribution in [2.45, 2.75) is 18.7 Å². The van der Waals surface area contributed by atoms with Crippen molar-refractivity contribution < 1.29 is 9.66 Å². The second-order valence-electron chi connectivity index (χ2n) is 5.17. The summed E-state index contributed by atoms with van der Waals surface area (Å²) in [4.78, 5) is 12.5. The van der Waals surface area contributed by atoms with Gasteiger partial charge in [0.2, 0.25) is 0 Å². The number of nitrogens with zero attached hydrogens (tertiary/aromatic N) is 2. The zero-order valence-electron chi connectivity index (χ0n) is 11.5. The number of non-ortho nitro benzene ring substituents is 1. The quantitative estimate of drug-likeness (QED) is 0.476. The summed E-state index contributed by atoms with van der Waals surface area (Å²) in [5, 5.41) is 10.8. The number of ether oxygens (including phenoxy) is 1. The third-order valence-electron chi connectivity index (χ3n) is 3.62. The fraction of sp³-hybridized carbons (Fsp3) is 0.571. The van der Waals surface area contributed by atoms with Gasteiger partial charge in [-0.15, -0.1) is 11.6 Å². The fourth-order valence-corrected chi connectivity index (χ4v) is 2.82. The molecule has 1 unspecified atom stereocenters. The van der Waals surface area contributed by atoms with Gasteiger partial charge in [-0.05, 0) is 30.4 Å². The van der Waals surface area contributed by atoms with Crippen LogP contribution in [0.1, 0.15) is 18.4 Å². The number of alkyl halides is 1. The Morgan fingerprint density at radius 3 is 2.95 bits per heavy atom. The minimum atomic E-state index is -0.394. The van der Waals surface area contributed by atoms with Crippen LogP contribution in [0.5, 0.6) is 0 Å². The number of hydrogen-bond donors (Lipinski definition) is 0. The van der Waals surface area contributed by atoms with E-state index in [9.17, 15) is 10.1 Å². The number of anilines is 1. The van der Waals surface area contributed by atoms with Crippen molar-refractivity contribution in [3.05, 3.63) is 33.9 Å². The molecule has 0 aliphatic carbocycles. The minimum Gasteiger partial charge on any atom is -0.381 e. The number of nitro groups is 1. The molecule has 1 aromatic carbocycles. The molecule has 2 rings (SSSR count). The summed E-state index contributed by atoms with van der Waals surface area (Å²) in [5.74, 6) is 0.773. The van der Waals surface area contributed by atoms with E-state index in [1.54, 1.807) is 12.1 Å². The van der Waals surface area contributed by atoms with Crippen molar-refractivity contribution in [2.75, 3.05) is 31.7 Å². The average Bonchev–Trinajstić information content (AvgIpc) is 2.47. The van der Waals surface area contributed by atoms with Gasteiger partial charge in [0.05, 0.1) is 11.5 Å². The lowest BCUT2D eigenvalue weighted by Gasteiger charge is -2.29. The lowest BCUT2D eigenvalue weighted by atomic mass is 10.0. The van der Waals surface area contributed by atoms with E-state index < -0.39 is 4.92 Å². The highest BCUT2D eigenvalue weighted by molar-refractivity contribution is 6.17. The SMILES string of the molecule is CN(CC1CCCOC1)c1ccc([N+](=O)[O-])cc1CCl. The largest absolute Gasteiger partial charge is 0.381 e. The van der Waals surface area contributed by atoms with Crippen LogP contribution in [0.15, 0.2) is 18.2 Å². The molecule has 6 heteroatoms. The molecule has 0 aromatic heterocycles. The van der Waals surface area contributed by atoms with Crippen LogP contribution in [0.2, 0.25) is 0 Å². The van der Waals surface area contributed by atoms with Crippen LogP contribution in [0.25, 0.3) is 0 Å². The third kappa shape index (κ3) is 3.61. The number of rotatable bonds is 5. The second kappa shape index (κ2) is 6.90. The van der Waals surface area contributed by atoms with Crippen molar-refractivity contribution in [3.8, 4) is 0 Å². The van der Waals surface area contributed by atoms with Crippen LogP contribution in [-0.4, -0.2) is 31.7 Å². The monoisotopic (exact) mass is 298 g/mol. The highest BCUT2D eigenvalue weighted by Gasteiger charge is 2.18.